The lowest BCUT2D eigenvalue weighted by Crippen LogP contribution is -2.29. The van der Waals surface area contributed by atoms with Crippen molar-refractivity contribution in [2.45, 2.75) is 20.3 Å². The highest BCUT2D eigenvalue weighted by Crippen LogP contribution is 2.34. The number of aryl methyl sites for hydroxylation is 1. The van der Waals surface area contributed by atoms with E-state index >= 15 is 0 Å². The number of carboxylic acid groups (broad SMARTS) is 1. The van der Waals surface area contributed by atoms with Crippen molar-refractivity contribution in [2.24, 2.45) is 5.92 Å². The van der Waals surface area contributed by atoms with Gasteiger partial charge in [-0.05, 0) is 25.0 Å². The first kappa shape index (κ1) is 16.9. The molecule has 0 bridgehead atoms. The van der Waals surface area contributed by atoms with Gasteiger partial charge in [0, 0.05) is 13.0 Å². The minimum Gasteiger partial charge on any atom is -0.481 e. The lowest BCUT2D eigenvalue weighted by Gasteiger charge is -2.09. The minimum atomic E-state index is -0.868. The zero-order chi connectivity index (χ0) is 16.3. The predicted molar refractivity (Wildman–Crippen MR) is 88.9 cm³/mol. The number of amides is 1. The molecule has 8 heteroatoms. The van der Waals surface area contributed by atoms with E-state index in [-0.39, 0.29) is 18.2 Å². The number of halogens is 1. The standard InChI is InChI=1S/C14H15ClN2O3S2/c1-7(5-11(18)19)6-16-13(20)12-8(2)17-14(22-12)9-3-4-10(15)21-9/h3-4,7H,5-6H2,1-2H3,(H,16,20)(H,18,19). The first-order chi connectivity index (χ1) is 10.4. The Bertz CT molecular complexity index is 696. The quantitative estimate of drug-likeness (QED) is 0.825. The van der Waals surface area contributed by atoms with Gasteiger partial charge in [-0.3, -0.25) is 9.59 Å². The topological polar surface area (TPSA) is 79.3 Å². The molecule has 0 saturated heterocycles. The molecule has 118 valence electrons. The number of nitrogens with one attached hydrogen (secondary N) is 1. The van der Waals surface area contributed by atoms with Crippen LogP contribution in [0.5, 0.6) is 0 Å². The van der Waals surface area contributed by atoms with Crippen molar-refractivity contribution >= 4 is 46.2 Å². The maximum Gasteiger partial charge on any atom is 0.303 e. The second kappa shape index (κ2) is 7.21. The number of rotatable bonds is 6. The lowest BCUT2D eigenvalue weighted by molar-refractivity contribution is -0.137. The summed E-state index contributed by atoms with van der Waals surface area (Å²) in [6, 6.07) is 3.67. The molecule has 0 aromatic carbocycles. The molecule has 0 saturated carbocycles. The molecule has 2 rings (SSSR count). The summed E-state index contributed by atoms with van der Waals surface area (Å²) in [5.41, 5.74) is 0.660. The van der Waals surface area contributed by atoms with Crippen molar-refractivity contribution in [3.63, 3.8) is 0 Å². The van der Waals surface area contributed by atoms with Gasteiger partial charge in [0.2, 0.25) is 0 Å². The van der Waals surface area contributed by atoms with Gasteiger partial charge in [0.05, 0.1) is 14.9 Å². The molecular weight excluding hydrogens is 344 g/mol. The van der Waals surface area contributed by atoms with Gasteiger partial charge in [0.25, 0.3) is 5.91 Å². The van der Waals surface area contributed by atoms with E-state index in [2.05, 4.69) is 10.3 Å². The third kappa shape index (κ3) is 4.28. The van der Waals surface area contributed by atoms with Crippen LogP contribution in [0.2, 0.25) is 4.34 Å². The molecule has 2 heterocycles. The highest BCUT2D eigenvalue weighted by atomic mass is 35.5. The fraction of sp³-hybridized carbons (Fsp3) is 0.357. The molecule has 0 spiro atoms. The number of carboxylic acids is 1. The Kier molecular flexibility index (Phi) is 5.55. The maximum absolute atomic E-state index is 12.2. The highest BCUT2D eigenvalue weighted by Gasteiger charge is 2.18. The number of hydrogen-bond acceptors (Lipinski definition) is 5. The van der Waals surface area contributed by atoms with Crippen LogP contribution in [0.1, 0.15) is 28.7 Å². The summed E-state index contributed by atoms with van der Waals surface area (Å²) >= 11 is 8.64. The van der Waals surface area contributed by atoms with Crippen LogP contribution in [0, 0.1) is 12.8 Å². The summed E-state index contributed by atoms with van der Waals surface area (Å²) in [5.74, 6) is -1.21. The number of carbonyl (C=O) groups excluding carboxylic acids is 1. The number of aromatic nitrogens is 1. The summed E-state index contributed by atoms with van der Waals surface area (Å²) in [6.45, 7) is 3.89. The maximum atomic E-state index is 12.2. The monoisotopic (exact) mass is 358 g/mol. The molecule has 5 nitrogen and oxygen atoms in total. The molecule has 0 aliphatic heterocycles. The van der Waals surface area contributed by atoms with Crippen molar-refractivity contribution in [3.8, 4) is 9.88 Å². The number of carbonyl (C=O) groups is 2. The second-order valence-electron chi connectivity index (χ2n) is 4.95. The first-order valence-electron chi connectivity index (χ1n) is 6.60. The Labute approximate surface area is 141 Å². The van der Waals surface area contributed by atoms with Crippen molar-refractivity contribution in [2.75, 3.05) is 6.54 Å². The van der Waals surface area contributed by atoms with Gasteiger partial charge in [-0.25, -0.2) is 4.98 Å². The average Bonchev–Trinajstić information content (AvgIpc) is 3.01. The highest BCUT2D eigenvalue weighted by molar-refractivity contribution is 7.24. The Balaban J connectivity index is 2.04. The second-order valence-corrected chi connectivity index (χ2v) is 7.66. The molecule has 1 atom stereocenters. The first-order valence-corrected chi connectivity index (χ1v) is 8.61. The zero-order valence-electron chi connectivity index (χ0n) is 12.1. The molecule has 1 amide bonds. The summed E-state index contributed by atoms with van der Waals surface area (Å²) in [7, 11) is 0. The van der Waals surface area contributed by atoms with Gasteiger partial charge >= 0.3 is 5.97 Å². The molecule has 0 aliphatic rings. The molecule has 2 aromatic rings. The van der Waals surface area contributed by atoms with Gasteiger partial charge in [-0.15, -0.1) is 22.7 Å². The van der Waals surface area contributed by atoms with Crippen molar-refractivity contribution < 1.29 is 14.7 Å². The number of thiophene rings is 1. The van der Waals surface area contributed by atoms with Gasteiger partial charge < -0.3 is 10.4 Å². The number of hydrogen-bond donors (Lipinski definition) is 2. The van der Waals surface area contributed by atoms with E-state index in [1.165, 1.54) is 22.7 Å². The molecule has 2 aromatic heterocycles. The Morgan fingerprint density at radius 3 is 2.73 bits per heavy atom. The molecule has 2 N–H and O–H groups in total. The third-order valence-corrected chi connectivity index (χ3v) is 5.48. The SMILES string of the molecule is Cc1nc(-c2ccc(Cl)s2)sc1C(=O)NCC(C)CC(=O)O. The van der Waals surface area contributed by atoms with Gasteiger partial charge in [0.15, 0.2) is 0 Å². The van der Waals surface area contributed by atoms with Crippen LogP contribution < -0.4 is 5.32 Å². The Hall–Kier alpha value is -1.44. The minimum absolute atomic E-state index is 0.0287. The van der Waals surface area contributed by atoms with Crippen LogP contribution in [0.4, 0.5) is 0 Å². The number of nitrogens with zero attached hydrogens (tertiary/aromatic N) is 1. The van der Waals surface area contributed by atoms with E-state index in [0.29, 0.717) is 21.5 Å². The largest absolute Gasteiger partial charge is 0.481 e. The van der Waals surface area contributed by atoms with Crippen LogP contribution in [-0.4, -0.2) is 28.5 Å². The normalized spacial score (nSPS) is 12.1. The van der Waals surface area contributed by atoms with E-state index in [0.717, 1.165) is 9.88 Å². The molecule has 0 fully saturated rings. The fourth-order valence-corrected chi connectivity index (χ4v) is 3.94. The Morgan fingerprint density at radius 1 is 1.41 bits per heavy atom. The molecule has 22 heavy (non-hydrogen) atoms. The van der Waals surface area contributed by atoms with Crippen LogP contribution in [0.25, 0.3) is 9.88 Å². The molecule has 0 radical (unpaired) electrons. The summed E-state index contributed by atoms with van der Waals surface area (Å²) in [4.78, 5) is 28.7. The summed E-state index contributed by atoms with van der Waals surface area (Å²) in [5, 5.41) is 12.2. The van der Waals surface area contributed by atoms with Crippen molar-refractivity contribution in [1.29, 1.82) is 0 Å². The van der Waals surface area contributed by atoms with Gasteiger partial charge in [0.1, 0.15) is 9.88 Å². The zero-order valence-corrected chi connectivity index (χ0v) is 14.4. The van der Waals surface area contributed by atoms with Gasteiger partial charge in [-0.1, -0.05) is 18.5 Å². The number of thiazole rings is 1. The van der Waals surface area contributed by atoms with Crippen LogP contribution in [-0.2, 0) is 4.79 Å². The van der Waals surface area contributed by atoms with E-state index in [4.69, 9.17) is 16.7 Å². The molecular formula is C14H15ClN2O3S2. The summed E-state index contributed by atoms with van der Waals surface area (Å²) < 4.78 is 0.677. The number of aliphatic carboxylic acids is 1. The van der Waals surface area contributed by atoms with Crippen molar-refractivity contribution in [3.05, 3.63) is 27.0 Å². The molecule has 1 unspecified atom stereocenters. The lowest BCUT2D eigenvalue weighted by atomic mass is 10.1. The van der Waals surface area contributed by atoms with E-state index in [1.54, 1.807) is 19.9 Å². The average molecular weight is 359 g/mol. The van der Waals surface area contributed by atoms with Crippen LogP contribution in [0.15, 0.2) is 12.1 Å². The van der Waals surface area contributed by atoms with E-state index in [1.807, 2.05) is 6.07 Å². The van der Waals surface area contributed by atoms with Crippen LogP contribution >= 0.6 is 34.3 Å². The van der Waals surface area contributed by atoms with Crippen molar-refractivity contribution in [1.82, 2.24) is 10.3 Å². The smallest absolute Gasteiger partial charge is 0.303 e. The van der Waals surface area contributed by atoms with Gasteiger partial charge in [-0.2, -0.15) is 0 Å². The van der Waals surface area contributed by atoms with Crippen LogP contribution in [0.3, 0.4) is 0 Å². The molecule has 0 aliphatic carbocycles. The third-order valence-electron chi connectivity index (χ3n) is 2.92. The fourth-order valence-electron chi connectivity index (χ4n) is 1.86. The predicted octanol–water partition coefficient (Wildman–Crippen LogP) is 3.67. The Morgan fingerprint density at radius 2 is 2.14 bits per heavy atom. The summed E-state index contributed by atoms with van der Waals surface area (Å²) in [6.07, 6.45) is 0.0287. The van der Waals surface area contributed by atoms with E-state index < -0.39 is 5.97 Å². The van der Waals surface area contributed by atoms with E-state index in [9.17, 15) is 9.59 Å².